The summed E-state index contributed by atoms with van der Waals surface area (Å²) in [6.07, 6.45) is 0.914. The first-order valence-electron chi connectivity index (χ1n) is 9.49. The highest BCUT2D eigenvalue weighted by atomic mass is 32.1. The van der Waals surface area contributed by atoms with Crippen LogP contribution in [0.15, 0.2) is 41.4 Å². The maximum Gasteiger partial charge on any atom is 0.251 e. The second-order valence-electron chi connectivity index (χ2n) is 6.54. The molecular weight excluding hydrogens is 356 g/mol. The van der Waals surface area contributed by atoms with Crippen LogP contribution in [0.2, 0.25) is 0 Å². The van der Waals surface area contributed by atoms with Crippen LogP contribution in [0.4, 0.5) is 0 Å². The Balaban J connectivity index is 1.99. The molecule has 1 unspecified atom stereocenters. The van der Waals surface area contributed by atoms with Crippen LogP contribution in [0.25, 0.3) is 0 Å². The summed E-state index contributed by atoms with van der Waals surface area (Å²) in [7, 11) is 0. The molecule has 0 aliphatic heterocycles. The Labute approximate surface area is 166 Å². The van der Waals surface area contributed by atoms with Crippen molar-refractivity contribution < 1.29 is 4.79 Å². The van der Waals surface area contributed by atoms with E-state index in [2.05, 4.69) is 46.9 Å². The minimum Gasteiger partial charge on any atom is -0.357 e. The number of hydrogen-bond donors (Lipinski definition) is 3. The van der Waals surface area contributed by atoms with Crippen LogP contribution in [0.3, 0.4) is 0 Å². The van der Waals surface area contributed by atoms with Gasteiger partial charge in [0.25, 0.3) is 5.91 Å². The monoisotopic (exact) mass is 386 g/mol. The first-order valence-corrected chi connectivity index (χ1v) is 10.3. The molecular formula is C21H30N4OS. The van der Waals surface area contributed by atoms with Crippen LogP contribution in [0.5, 0.6) is 0 Å². The summed E-state index contributed by atoms with van der Waals surface area (Å²) in [5.41, 5.74) is 1.69. The van der Waals surface area contributed by atoms with Crippen LogP contribution < -0.4 is 16.0 Å². The van der Waals surface area contributed by atoms with Gasteiger partial charge in [0.2, 0.25) is 0 Å². The van der Waals surface area contributed by atoms with Gasteiger partial charge in [-0.1, -0.05) is 19.1 Å². The number of thiophene rings is 1. The molecule has 0 saturated heterocycles. The molecule has 3 N–H and O–H groups in total. The van der Waals surface area contributed by atoms with E-state index in [-0.39, 0.29) is 11.9 Å². The first kappa shape index (κ1) is 21.0. The van der Waals surface area contributed by atoms with E-state index in [4.69, 9.17) is 0 Å². The Bertz CT molecular complexity index is 769. The molecule has 0 saturated carbocycles. The van der Waals surface area contributed by atoms with Gasteiger partial charge in [0.05, 0.1) is 13.1 Å². The molecule has 6 heteroatoms. The van der Waals surface area contributed by atoms with Crippen molar-refractivity contribution in [3.63, 3.8) is 0 Å². The Morgan fingerprint density at radius 1 is 1.19 bits per heavy atom. The second-order valence-corrected chi connectivity index (χ2v) is 7.92. The Hall–Kier alpha value is -2.34. The highest BCUT2D eigenvalue weighted by Gasteiger charge is 2.09. The van der Waals surface area contributed by atoms with E-state index < -0.39 is 0 Å². The Morgan fingerprint density at radius 3 is 2.67 bits per heavy atom. The topological polar surface area (TPSA) is 65.5 Å². The molecule has 1 aromatic heterocycles. The summed E-state index contributed by atoms with van der Waals surface area (Å²) in [6.45, 7) is 10.3. The number of rotatable bonds is 8. The average Bonchev–Trinajstić information content (AvgIpc) is 3.09. The third-order valence-corrected chi connectivity index (χ3v) is 5.17. The second kappa shape index (κ2) is 10.7. The maximum absolute atomic E-state index is 12.3. The van der Waals surface area contributed by atoms with Gasteiger partial charge >= 0.3 is 0 Å². The largest absolute Gasteiger partial charge is 0.357 e. The molecule has 1 aromatic carbocycles. The number of nitrogens with zero attached hydrogens (tertiary/aromatic N) is 1. The lowest BCUT2D eigenvalue weighted by Crippen LogP contribution is -2.36. The van der Waals surface area contributed by atoms with Gasteiger partial charge in [0.1, 0.15) is 0 Å². The van der Waals surface area contributed by atoms with Crippen molar-refractivity contribution >= 4 is 23.2 Å². The van der Waals surface area contributed by atoms with Gasteiger partial charge in [-0.2, -0.15) is 0 Å². The van der Waals surface area contributed by atoms with E-state index >= 15 is 0 Å². The molecule has 1 atom stereocenters. The molecule has 0 spiro atoms. The van der Waals surface area contributed by atoms with Gasteiger partial charge in [-0.3, -0.25) is 4.79 Å². The Morgan fingerprint density at radius 2 is 2.00 bits per heavy atom. The van der Waals surface area contributed by atoms with Gasteiger partial charge in [0, 0.05) is 27.9 Å². The van der Waals surface area contributed by atoms with Crippen LogP contribution in [-0.2, 0) is 13.1 Å². The summed E-state index contributed by atoms with van der Waals surface area (Å²) < 4.78 is 0. The smallest absolute Gasteiger partial charge is 0.251 e. The molecule has 146 valence electrons. The molecule has 27 heavy (non-hydrogen) atoms. The maximum atomic E-state index is 12.3. The molecule has 2 aromatic rings. The molecule has 0 radical (unpaired) electrons. The minimum absolute atomic E-state index is 0.0340. The number of carbonyl (C=O) groups is 1. The Kier molecular flexibility index (Phi) is 8.33. The van der Waals surface area contributed by atoms with Gasteiger partial charge < -0.3 is 16.0 Å². The van der Waals surface area contributed by atoms with Crippen LogP contribution >= 0.6 is 11.3 Å². The van der Waals surface area contributed by atoms with Crippen LogP contribution in [0.1, 0.15) is 52.9 Å². The number of aliphatic imine (C=N–C) groups is 1. The third-order valence-electron chi connectivity index (χ3n) is 4.17. The zero-order valence-corrected chi connectivity index (χ0v) is 17.5. The molecule has 5 nitrogen and oxygen atoms in total. The number of aryl methyl sites for hydroxylation is 1. The zero-order chi connectivity index (χ0) is 19.6. The number of guanidine groups is 1. The SMILES string of the molecule is CCNC(=NCc1cccc(C(=O)NC(C)CC)c1)NCc1ccc(C)s1. The van der Waals surface area contributed by atoms with E-state index in [9.17, 15) is 4.79 Å². The molecule has 1 heterocycles. The summed E-state index contributed by atoms with van der Waals surface area (Å²) in [5.74, 6) is 0.742. The van der Waals surface area contributed by atoms with E-state index in [1.807, 2.05) is 38.1 Å². The lowest BCUT2D eigenvalue weighted by atomic mass is 10.1. The summed E-state index contributed by atoms with van der Waals surface area (Å²) >= 11 is 1.78. The summed E-state index contributed by atoms with van der Waals surface area (Å²) in [6, 6.07) is 12.1. The fourth-order valence-electron chi connectivity index (χ4n) is 2.48. The molecule has 1 amide bonds. The van der Waals surface area contributed by atoms with E-state index in [1.165, 1.54) is 9.75 Å². The third kappa shape index (κ3) is 7.06. The van der Waals surface area contributed by atoms with Gasteiger partial charge in [-0.25, -0.2) is 4.99 Å². The predicted octanol–water partition coefficient (Wildman–Crippen LogP) is 3.84. The summed E-state index contributed by atoms with van der Waals surface area (Å²) in [5, 5.41) is 9.63. The van der Waals surface area contributed by atoms with Crippen molar-refractivity contribution in [2.75, 3.05) is 6.54 Å². The minimum atomic E-state index is -0.0340. The number of amides is 1. The first-order chi connectivity index (χ1) is 13.0. The number of benzene rings is 1. The standard InChI is InChI=1S/C21H30N4OS/c1-5-15(3)25-20(26)18-9-7-8-17(12-18)13-23-21(22-6-2)24-14-19-11-10-16(4)27-19/h7-12,15H,5-6,13-14H2,1-4H3,(H,25,26)(H2,22,23,24). The predicted molar refractivity (Wildman–Crippen MR) is 114 cm³/mol. The lowest BCUT2D eigenvalue weighted by Gasteiger charge is -2.12. The van der Waals surface area contributed by atoms with Crippen molar-refractivity contribution in [3.8, 4) is 0 Å². The average molecular weight is 387 g/mol. The van der Waals surface area contributed by atoms with Crippen molar-refractivity contribution in [2.45, 2.75) is 53.2 Å². The zero-order valence-electron chi connectivity index (χ0n) is 16.6. The molecule has 0 aliphatic carbocycles. The molecule has 0 fully saturated rings. The lowest BCUT2D eigenvalue weighted by molar-refractivity contribution is 0.0939. The van der Waals surface area contributed by atoms with Gasteiger partial charge in [0.15, 0.2) is 5.96 Å². The molecule has 0 bridgehead atoms. The van der Waals surface area contributed by atoms with Crippen LogP contribution in [0, 0.1) is 6.92 Å². The fraction of sp³-hybridized carbons (Fsp3) is 0.429. The van der Waals surface area contributed by atoms with Gasteiger partial charge in [-0.05, 0) is 57.0 Å². The molecule has 0 aliphatic rings. The van der Waals surface area contributed by atoms with Gasteiger partial charge in [-0.15, -0.1) is 11.3 Å². The molecule has 2 rings (SSSR count). The highest BCUT2D eigenvalue weighted by molar-refractivity contribution is 7.11. The number of hydrogen-bond acceptors (Lipinski definition) is 3. The van der Waals surface area contributed by atoms with Crippen molar-refractivity contribution in [3.05, 3.63) is 57.3 Å². The van der Waals surface area contributed by atoms with E-state index in [0.29, 0.717) is 12.1 Å². The van der Waals surface area contributed by atoms with Crippen molar-refractivity contribution in [1.82, 2.24) is 16.0 Å². The van der Waals surface area contributed by atoms with Crippen LogP contribution in [-0.4, -0.2) is 24.5 Å². The van der Waals surface area contributed by atoms with E-state index in [1.54, 1.807) is 11.3 Å². The van der Waals surface area contributed by atoms with E-state index in [0.717, 1.165) is 31.0 Å². The van der Waals surface area contributed by atoms with Crippen molar-refractivity contribution in [2.24, 2.45) is 4.99 Å². The highest BCUT2D eigenvalue weighted by Crippen LogP contribution is 2.14. The number of carbonyl (C=O) groups excluding carboxylic acids is 1. The summed E-state index contributed by atoms with van der Waals surface area (Å²) in [4.78, 5) is 19.5. The normalized spacial score (nSPS) is 12.5. The number of nitrogens with one attached hydrogen (secondary N) is 3. The fourth-order valence-corrected chi connectivity index (χ4v) is 3.31. The quantitative estimate of drug-likeness (QED) is 0.477. The van der Waals surface area contributed by atoms with Crippen molar-refractivity contribution in [1.29, 1.82) is 0 Å².